The van der Waals surface area contributed by atoms with Crippen molar-refractivity contribution in [3.05, 3.63) is 28.8 Å². The molecule has 0 N–H and O–H groups in total. The first-order valence-corrected chi connectivity index (χ1v) is 9.01. The zero-order valence-electron chi connectivity index (χ0n) is 15.5. The van der Waals surface area contributed by atoms with Crippen LogP contribution in [0.4, 0.5) is 0 Å². The summed E-state index contributed by atoms with van der Waals surface area (Å²) in [6, 6.07) is 4.51. The summed E-state index contributed by atoms with van der Waals surface area (Å²) in [6.45, 7) is 13.1. The second-order valence-corrected chi connectivity index (χ2v) is 8.77. The van der Waals surface area contributed by atoms with E-state index < -0.39 is 0 Å². The first-order chi connectivity index (χ1) is 10.7. The number of fused-ring (bicyclic) bond motifs is 3. The highest BCUT2D eigenvalue weighted by molar-refractivity contribution is 5.71. The zero-order valence-corrected chi connectivity index (χ0v) is 15.5. The van der Waals surface area contributed by atoms with E-state index in [1.807, 2.05) is 0 Å². The van der Waals surface area contributed by atoms with E-state index in [9.17, 15) is 4.79 Å². The van der Waals surface area contributed by atoms with Gasteiger partial charge in [0.25, 0.3) is 0 Å². The fourth-order valence-electron chi connectivity index (χ4n) is 5.25. The molecule has 1 saturated carbocycles. The van der Waals surface area contributed by atoms with Gasteiger partial charge < -0.3 is 4.74 Å². The van der Waals surface area contributed by atoms with Crippen LogP contribution in [0.25, 0.3) is 0 Å². The maximum Gasteiger partial charge on any atom is 0.308 e. The van der Waals surface area contributed by atoms with E-state index in [2.05, 4.69) is 46.8 Å². The topological polar surface area (TPSA) is 26.3 Å². The van der Waals surface area contributed by atoms with Crippen molar-refractivity contribution in [3.63, 3.8) is 0 Å². The Balaban J connectivity index is 2.17. The summed E-state index contributed by atoms with van der Waals surface area (Å²) in [5.41, 5.74) is 4.46. The molecule has 1 fully saturated rings. The summed E-state index contributed by atoms with van der Waals surface area (Å²) in [4.78, 5) is 11.7. The summed E-state index contributed by atoms with van der Waals surface area (Å²) in [6.07, 6.45) is 4.87. The van der Waals surface area contributed by atoms with Gasteiger partial charge in [-0.15, -0.1) is 0 Å². The van der Waals surface area contributed by atoms with Crippen LogP contribution in [0.1, 0.15) is 83.4 Å². The van der Waals surface area contributed by atoms with Crippen LogP contribution < -0.4 is 4.74 Å². The van der Waals surface area contributed by atoms with Crippen molar-refractivity contribution in [2.24, 2.45) is 11.3 Å². The largest absolute Gasteiger partial charge is 0.426 e. The van der Waals surface area contributed by atoms with E-state index in [0.717, 1.165) is 12.2 Å². The van der Waals surface area contributed by atoms with Crippen LogP contribution in [0.3, 0.4) is 0 Å². The van der Waals surface area contributed by atoms with E-state index in [0.29, 0.717) is 17.3 Å². The summed E-state index contributed by atoms with van der Waals surface area (Å²) in [5.74, 6) is 1.64. The minimum absolute atomic E-state index is 0.209. The van der Waals surface area contributed by atoms with Gasteiger partial charge in [-0.1, -0.05) is 53.2 Å². The fourth-order valence-corrected chi connectivity index (χ4v) is 5.25. The van der Waals surface area contributed by atoms with E-state index in [1.165, 1.54) is 42.9 Å². The number of ether oxygens (including phenoxy) is 1. The van der Waals surface area contributed by atoms with Crippen LogP contribution in [-0.4, -0.2) is 5.97 Å². The van der Waals surface area contributed by atoms with Crippen molar-refractivity contribution in [2.45, 2.75) is 78.6 Å². The molecule has 0 unspecified atom stereocenters. The lowest BCUT2D eigenvalue weighted by Gasteiger charge is -2.47. The number of carbonyl (C=O) groups is 1. The predicted octanol–water partition coefficient (Wildman–Crippen LogP) is 5.38. The maximum absolute atomic E-state index is 11.7. The Morgan fingerprint density at radius 1 is 1.22 bits per heavy atom. The standard InChI is InChI=1S/C21H30O2/c1-13(2)15-8-9-17-16(19(15)23-14(3)22)12-18-20(4,5)10-7-11-21(17,18)6/h8-9,13,18H,7,10-12H2,1-6H3/t18-,21+/m0/s1. The van der Waals surface area contributed by atoms with Crippen LogP contribution in [0.5, 0.6) is 5.75 Å². The lowest BCUT2D eigenvalue weighted by atomic mass is 9.57. The number of benzene rings is 1. The van der Waals surface area contributed by atoms with Gasteiger partial charge in [0.2, 0.25) is 0 Å². The highest BCUT2D eigenvalue weighted by Gasteiger charge is 2.52. The van der Waals surface area contributed by atoms with Gasteiger partial charge in [0, 0.05) is 6.92 Å². The summed E-state index contributed by atoms with van der Waals surface area (Å²) >= 11 is 0. The molecule has 2 atom stereocenters. The summed E-state index contributed by atoms with van der Waals surface area (Å²) in [7, 11) is 0. The molecule has 0 bridgehead atoms. The van der Waals surface area contributed by atoms with Crippen LogP contribution in [0.15, 0.2) is 12.1 Å². The molecule has 0 aliphatic heterocycles. The van der Waals surface area contributed by atoms with E-state index >= 15 is 0 Å². The molecule has 2 heteroatoms. The monoisotopic (exact) mass is 314 g/mol. The van der Waals surface area contributed by atoms with Crippen LogP contribution >= 0.6 is 0 Å². The van der Waals surface area contributed by atoms with Crippen LogP contribution in [0, 0.1) is 11.3 Å². The maximum atomic E-state index is 11.7. The minimum atomic E-state index is -0.209. The van der Waals surface area contributed by atoms with Crippen LogP contribution in [-0.2, 0) is 16.6 Å². The molecule has 23 heavy (non-hydrogen) atoms. The third kappa shape index (κ3) is 2.51. The molecular weight excluding hydrogens is 284 g/mol. The molecule has 0 heterocycles. The molecular formula is C21H30O2. The average molecular weight is 314 g/mol. The first-order valence-electron chi connectivity index (χ1n) is 9.01. The first kappa shape index (κ1) is 16.5. The smallest absolute Gasteiger partial charge is 0.308 e. The quantitative estimate of drug-likeness (QED) is 0.541. The van der Waals surface area contributed by atoms with Crippen molar-refractivity contribution >= 4 is 5.97 Å². The van der Waals surface area contributed by atoms with Crippen molar-refractivity contribution in [1.29, 1.82) is 0 Å². The molecule has 0 spiro atoms. The molecule has 0 radical (unpaired) electrons. The van der Waals surface area contributed by atoms with E-state index in [1.54, 1.807) is 0 Å². The molecule has 1 aromatic carbocycles. The number of rotatable bonds is 2. The molecule has 2 aliphatic rings. The number of hydrogen-bond acceptors (Lipinski definition) is 2. The highest BCUT2D eigenvalue weighted by atomic mass is 16.5. The number of carbonyl (C=O) groups excluding carboxylic acids is 1. The van der Waals surface area contributed by atoms with E-state index in [-0.39, 0.29) is 11.4 Å². The lowest BCUT2D eigenvalue weighted by Crippen LogP contribution is -2.42. The van der Waals surface area contributed by atoms with Gasteiger partial charge in [0.05, 0.1) is 0 Å². The second-order valence-electron chi connectivity index (χ2n) is 8.77. The third-order valence-corrected chi connectivity index (χ3v) is 6.41. The van der Waals surface area contributed by atoms with Gasteiger partial charge in [-0.3, -0.25) is 4.79 Å². The summed E-state index contributed by atoms with van der Waals surface area (Å²) in [5, 5.41) is 0. The SMILES string of the molecule is CC(=O)Oc1c(C(C)C)ccc2c1C[C@H]1C(C)(C)CCC[C@]21C. The average Bonchev–Trinajstić information content (AvgIpc) is 2.73. The number of esters is 1. The molecule has 3 rings (SSSR count). The van der Waals surface area contributed by atoms with Gasteiger partial charge in [-0.25, -0.2) is 0 Å². The Kier molecular flexibility index (Phi) is 3.85. The Morgan fingerprint density at radius 3 is 2.52 bits per heavy atom. The summed E-state index contributed by atoms with van der Waals surface area (Å²) < 4.78 is 5.73. The Bertz CT molecular complexity index is 641. The molecule has 126 valence electrons. The van der Waals surface area contributed by atoms with Gasteiger partial charge in [-0.05, 0) is 58.6 Å². The van der Waals surface area contributed by atoms with Gasteiger partial charge in [0.15, 0.2) is 0 Å². The van der Waals surface area contributed by atoms with Crippen molar-refractivity contribution in [1.82, 2.24) is 0 Å². The molecule has 2 nitrogen and oxygen atoms in total. The Morgan fingerprint density at radius 2 is 1.91 bits per heavy atom. The van der Waals surface area contributed by atoms with E-state index in [4.69, 9.17) is 4.74 Å². The van der Waals surface area contributed by atoms with Crippen molar-refractivity contribution in [3.8, 4) is 5.75 Å². The predicted molar refractivity (Wildman–Crippen MR) is 94.0 cm³/mol. The van der Waals surface area contributed by atoms with Crippen LogP contribution in [0.2, 0.25) is 0 Å². The molecule has 0 saturated heterocycles. The Labute approximate surface area is 140 Å². The molecule has 0 amide bonds. The van der Waals surface area contributed by atoms with Gasteiger partial charge in [-0.2, -0.15) is 0 Å². The molecule has 1 aromatic rings. The fraction of sp³-hybridized carbons (Fsp3) is 0.667. The third-order valence-electron chi connectivity index (χ3n) is 6.41. The second kappa shape index (κ2) is 5.36. The zero-order chi connectivity index (χ0) is 17.0. The molecule has 0 aromatic heterocycles. The minimum Gasteiger partial charge on any atom is -0.426 e. The van der Waals surface area contributed by atoms with Gasteiger partial charge in [0.1, 0.15) is 5.75 Å². The number of hydrogen-bond donors (Lipinski definition) is 0. The molecule has 2 aliphatic carbocycles. The van der Waals surface area contributed by atoms with Crippen molar-refractivity contribution < 1.29 is 9.53 Å². The highest BCUT2D eigenvalue weighted by Crippen LogP contribution is 2.60. The normalized spacial score (nSPS) is 28.4. The lowest BCUT2D eigenvalue weighted by molar-refractivity contribution is -0.132. The van der Waals surface area contributed by atoms with Crippen molar-refractivity contribution in [2.75, 3.05) is 0 Å². The van der Waals surface area contributed by atoms with Gasteiger partial charge >= 0.3 is 5.97 Å². The Hall–Kier alpha value is -1.31.